The third-order valence-corrected chi connectivity index (χ3v) is 6.57. The number of rotatable bonds is 7. The van der Waals surface area contributed by atoms with Gasteiger partial charge in [0.05, 0.1) is 0 Å². The second-order valence-electron chi connectivity index (χ2n) is 6.17. The molecule has 6 heteroatoms. The van der Waals surface area contributed by atoms with Crippen molar-refractivity contribution in [2.24, 2.45) is 5.16 Å². The van der Waals surface area contributed by atoms with Crippen molar-refractivity contribution in [2.45, 2.75) is 11.3 Å². The Morgan fingerprint density at radius 3 is 2.54 bits per heavy atom. The smallest absolute Gasteiger partial charge is 0.210 e. The lowest BCUT2D eigenvalue weighted by atomic mass is 10.0. The molecule has 140 valence electrons. The maximum Gasteiger partial charge on any atom is 0.210 e. The molecule has 0 unspecified atom stereocenters. The third-order valence-electron chi connectivity index (χ3n) is 4.40. The first-order valence-corrected chi connectivity index (χ1v) is 10.6. The van der Waals surface area contributed by atoms with E-state index in [-0.39, 0.29) is 11.5 Å². The van der Waals surface area contributed by atoms with Gasteiger partial charge < -0.3 is 0 Å². The maximum atomic E-state index is 13.0. The molecule has 0 radical (unpaired) electrons. The minimum atomic E-state index is -0.236. The Labute approximate surface area is 170 Å². The van der Waals surface area contributed by atoms with E-state index in [2.05, 4.69) is 22.3 Å². The van der Waals surface area contributed by atoms with Crippen LogP contribution in [0.4, 0.5) is 0 Å². The van der Waals surface area contributed by atoms with Crippen LogP contribution >= 0.6 is 23.1 Å². The lowest BCUT2D eigenvalue weighted by Crippen LogP contribution is -2.16. The van der Waals surface area contributed by atoms with Crippen LogP contribution < -0.4 is 0 Å². The van der Waals surface area contributed by atoms with Gasteiger partial charge in [0, 0.05) is 42.8 Å². The molecule has 0 aliphatic carbocycles. The van der Waals surface area contributed by atoms with Crippen LogP contribution in [0.25, 0.3) is 20.2 Å². The van der Waals surface area contributed by atoms with Crippen molar-refractivity contribution in [3.63, 3.8) is 0 Å². The zero-order valence-electron chi connectivity index (χ0n) is 14.9. The highest BCUT2D eigenvalue weighted by atomic mass is 32.2. The van der Waals surface area contributed by atoms with Crippen LogP contribution in [0.15, 0.2) is 82.8 Å². The monoisotopic (exact) mass is 407 g/mol. The van der Waals surface area contributed by atoms with Crippen molar-refractivity contribution in [1.29, 1.82) is 0 Å². The zero-order valence-corrected chi connectivity index (χ0v) is 16.5. The molecule has 0 saturated heterocycles. The molecule has 1 aromatic heterocycles. The van der Waals surface area contributed by atoms with E-state index in [1.807, 2.05) is 54.6 Å². The second kappa shape index (κ2) is 8.56. The third kappa shape index (κ3) is 3.94. The predicted octanol–water partition coefficient (Wildman–Crippen LogP) is 6.27. The Balaban J connectivity index is 1.56. The highest BCUT2D eigenvalue weighted by Gasteiger charge is 2.17. The minimum Gasteiger partial charge on any atom is -0.287 e. The summed E-state index contributed by atoms with van der Waals surface area (Å²) in [6.45, 7) is 0. The van der Waals surface area contributed by atoms with Gasteiger partial charge in [-0.25, -0.2) is 4.99 Å². The molecule has 0 bridgehead atoms. The number of carbonyl (C=O) groups is 1. The SMILES string of the molecule is O=C(/C(CCSc1ccccc1)=N/OO)c1ccc2sc3ccccc3c2c1. The highest BCUT2D eigenvalue weighted by Crippen LogP contribution is 2.34. The predicted molar refractivity (Wildman–Crippen MR) is 117 cm³/mol. The van der Waals surface area contributed by atoms with Crippen LogP contribution in [0, 0.1) is 0 Å². The average molecular weight is 408 g/mol. The van der Waals surface area contributed by atoms with Crippen molar-refractivity contribution in [3.05, 3.63) is 78.4 Å². The topological polar surface area (TPSA) is 58.9 Å². The summed E-state index contributed by atoms with van der Waals surface area (Å²) in [5.74, 6) is 0.418. The number of nitrogens with zero attached hydrogens (tertiary/aromatic N) is 1. The fourth-order valence-electron chi connectivity index (χ4n) is 3.07. The first kappa shape index (κ1) is 18.7. The summed E-state index contributed by atoms with van der Waals surface area (Å²) in [7, 11) is 0. The van der Waals surface area contributed by atoms with E-state index in [1.54, 1.807) is 29.2 Å². The van der Waals surface area contributed by atoms with Gasteiger partial charge in [0.2, 0.25) is 5.78 Å². The number of fused-ring (bicyclic) bond motifs is 3. The van der Waals surface area contributed by atoms with Gasteiger partial charge in [0.1, 0.15) is 5.71 Å². The molecule has 0 spiro atoms. The van der Waals surface area contributed by atoms with Gasteiger partial charge in [-0.2, -0.15) is 5.26 Å². The Hall–Kier alpha value is -2.67. The van der Waals surface area contributed by atoms with Crippen LogP contribution in [0.1, 0.15) is 16.8 Å². The zero-order chi connectivity index (χ0) is 19.3. The summed E-state index contributed by atoms with van der Waals surface area (Å²) >= 11 is 3.33. The number of thiophene rings is 1. The van der Waals surface area contributed by atoms with E-state index >= 15 is 0 Å². The number of thioether (sulfide) groups is 1. The van der Waals surface area contributed by atoms with E-state index in [4.69, 9.17) is 5.26 Å². The Morgan fingerprint density at radius 1 is 0.964 bits per heavy atom. The number of ketones is 1. The summed E-state index contributed by atoms with van der Waals surface area (Å²) in [6.07, 6.45) is 0.390. The molecule has 1 N–H and O–H groups in total. The van der Waals surface area contributed by atoms with Crippen LogP contribution in [-0.4, -0.2) is 22.5 Å². The van der Waals surface area contributed by atoms with Gasteiger partial charge in [-0.1, -0.05) is 36.4 Å². The summed E-state index contributed by atoms with van der Waals surface area (Å²) < 4.78 is 2.32. The molecule has 3 aromatic carbocycles. The van der Waals surface area contributed by atoms with E-state index < -0.39 is 0 Å². The number of carbonyl (C=O) groups excluding carboxylic acids is 1. The number of hydrogen-bond donors (Lipinski definition) is 1. The Morgan fingerprint density at radius 2 is 1.71 bits per heavy atom. The van der Waals surface area contributed by atoms with Gasteiger partial charge in [0.15, 0.2) is 0 Å². The highest BCUT2D eigenvalue weighted by molar-refractivity contribution is 7.99. The molecule has 4 aromatic rings. The normalized spacial score (nSPS) is 11.8. The minimum absolute atomic E-state index is 0.199. The van der Waals surface area contributed by atoms with Crippen molar-refractivity contribution < 1.29 is 15.0 Å². The van der Waals surface area contributed by atoms with E-state index in [1.165, 1.54) is 4.70 Å². The van der Waals surface area contributed by atoms with Crippen LogP contribution in [-0.2, 0) is 4.99 Å². The van der Waals surface area contributed by atoms with Gasteiger partial charge in [-0.15, -0.1) is 23.1 Å². The summed E-state index contributed by atoms with van der Waals surface area (Å²) in [5, 5.41) is 14.5. The van der Waals surface area contributed by atoms with E-state index in [0.29, 0.717) is 17.7 Å². The molecule has 0 saturated carbocycles. The molecule has 0 aliphatic rings. The summed E-state index contributed by atoms with van der Waals surface area (Å²) in [4.78, 5) is 18.0. The lowest BCUT2D eigenvalue weighted by Gasteiger charge is -2.05. The average Bonchev–Trinajstić information content (AvgIpc) is 3.11. The molecular formula is C22H17NO3S2. The van der Waals surface area contributed by atoms with E-state index in [9.17, 15) is 4.79 Å². The number of Topliss-reactive ketones (excluding diaryl/α,β-unsaturated/α-hetero) is 1. The number of oxime groups is 1. The molecule has 0 amide bonds. The van der Waals surface area contributed by atoms with Crippen LogP contribution in [0.3, 0.4) is 0 Å². The first-order chi connectivity index (χ1) is 13.8. The number of benzene rings is 3. The lowest BCUT2D eigenvalue weighted by molar-refractivity contribution is -0.243. The van der Waals surface area contributed by atoms with Crippen LogP contribution in [0.2, 0.25) is 0 Å². The van der Waals surface area contributed by atoms with Crippen molar-refractivity contribution in [1.82, 2.24) is 0 Å². The molecule has 0 fully saturated rings. The van der Waals surface area contributed by atoms with Crippen molar-refractivity contribution in [2.75, 3.05) is 5.75 Å². The van der Waals surface area contributed by atoms with Gasteiger partial charge >= 0.3 is 0 Å². The van der Waals surface area contributed by atoms with Gasteiger partial charge in [0.25, 0.3) is 0 Å². The summed E-state index contributed by atoms with van der Waals surface area (Å²) in [6, 6.07) is 23.7. The second-order valence-corrected chi connectivity index (χ2v) is 8.42. The Bertz CT molecular complexity index is 1150. The number of hydrogen-bond acceptors (Lipinski definition) is 6. The fraction of sp³-hybridized carbons (Fsp3) is 0.0909. The molecule has 1 heterocycles. The molecule has 4 nitrogen and oxygen atoms in total. The van der Waals surface area contributed by atoms with Gasteiger partial charge in [-0.3, -0.25) is 4.79 Å². The standard InChI is InChI=1S/C22H17NO3S2/c24-22(19(23-26-25)12-13-27-16-6-2-1-3-7-16)15-10-11-21-18(14-15)17-8-4-5-9-20(17)28-21/h1-11,14,25H,12-13H2/b23-19+. The Kier molecular flexibility index (Phi) is 5.71. The maximum absolute atomic E-state index is 13.0. The van der Waals surface area contributed by atoms with Crippen LogP contribution in [0.5, 0.6) is 0 Å². The molecule has 28 heavy (non-hydrogen) atoms. The van der Waals surface area contributed by atoms with Crippen molar-refractivity contribution in [3.8, 4) is 0 Å². The largest absolute Gasteiger partial charge is 0.287 e. The quantitative estimate of drug-likeness (QED) is 0.129. The molecule has 0 atom stereocenters. The fourth-order valence-corrected chi connectivity index (χ4v) is 5.03. The van der Waals surface area contributed by atoms with E-state index in [0.717, 1.165) is 20.4 Å². The first-order valence-electron chi connectivity index (χ1n) is 8.77. The van der Waals surface area contributed by atoms with Gasteiger partial charge in [-0.05, 0) is 41.6 Å². The molecule has 4 rings (SSSR count). The molecular weight excluding hydrogens is 390 g/mol. The molecule has 0 aliphatic heterocycles. The summed E-state index contributed by atoms with van der Waals surface area (Å²) in [5.41, 5.74) is 0.737. The van der Waals surface area contributed by atoms with Crippen molar-refractivity contribution >= 4 is 54.8 Å².